The standard InChI is InChI=1S/C40H44N2O7/c1-39(2,3)29-19-26(20-30(35(29)43)40(4,5)6)38(44)49-36-31(47-9)21-25(22-32(36)48-10)37-41-33(23-11-15-27(45-7)16-12-23)34(42-37)24-13-17-28(46-8)18-14-24/h11-22,43H,1-10H3,(H,41,42). The Morgan fingerprint density at radius 2 is 1.12 bits per heavy atom. The molecule has 0 aliphatic heterocycles. The highest BCUT2D eigenvalue weighted by atomic mass is 16.6. The molecule has 0 spiro atoms. The summed E-state index contributed by atoms with van der Waals surface area (Å²) >= 11 is 0. The molecule has 2 N–H and O–H groups in total. The van der Waals surface area contributed by atoms with Gasteiger partial charge >= 0.3 is 5.97 Å². The van der Waals surface area contributed by atoms with Crippen LogP contribution in [0.5, 0.6) is 34.5 Å². The van der Waals surface area contributed by atoms with Gasteiger partial charge in [0.1, 0.15) is 23.1 Å². The number of imidazole rings is 1. The minimum Gasteiger partial charge on any atom is -0.507 e. The summed E-state index contributed by atoms with van der Waals surface area (Å²) in [7, 11) is 6.26. The monoisotopic (exact) mass is 664 g/mol. The first-order chi connectivity index (χ1) is 23.2. The maximum Gasteiger partial charge on any atom is 0.343 e. The van der Waals surface area contributed by atoms with Crippen molar-refractivity contribution < 1.29 is 33.6 Å². The first-order valence-corrected chi connectivity index (χ1v) is 15.9. The van der Waals surface area contributed by atoms with Crippen LogP contribution in [0.25, 0.3) is 33.9 Å². The van der Waals surface area contributed by atoms with E-state index in [0.29, 0.717) is 28.1 Å². The number of methoxy groups -OCH3 is 4. The van der Waals surface area contributed by atoms with Gasteiger partial charge in [-0.1, -0.05) is 41.5 Å². The van der Waals surface area contributed by atoms with E-state index in [0.717, 1.165) is 34.0 Å². The normalized spacial score (nSPS) is 11.6. The van der Waals surface area contributed by atoms with Gasteiger partial charge in [-0.05, 0) is 83.6 Å². The van der Waals surface area contributed by atoms with E-state index < -0.39 is 16.8 Å². The van der Waals surface area contributed by atoms with Crippen molar-refractivity contribution in [2.75, 3.05) is 28.4 Å². The van der Waals surface area contributed by atoms with Crippen LogP contribution in [-0.4, -0.2) is 49.5 Å². The van der Waals surface area contributed by atoms with E-state index in [2.05, 4.69) is 4.98 Å². The van der Waals surface area contributed by atoms with Crippen molar-refractivity contribution in [1.29, 1.82) is 0 Å². The number of ether oxygens (including phenoxy) is 5. The molecule has 0 unspecified atom stereocenters. The van der Waals surface area contributed by atoms with Crippen molar-refractivity contribution in [3.8, 4) is 68.4 Å². The van der Waals surface area contributed by atoms with Crippen LogP contribution >= 0.6 is 0 Å². The van der Waals surface area contributed by atoms with Crippen molar-refractivity contribution >= 4 is 5.97 Å². The van der Waals surface area contributed by atoms with Gasteiger partial charge in [0.05, 0.1) is 45.4 Å². The van der Waals surface area contributed by atoms with Gasteiger partial charge in [-0.15, -0.1) is 0 Å². The summed E-state index contributed by atoms with van der Waals surface area (Å²) < 4.78 is 28.2. The zero-order valence-electron chi connectivity index (χ0n) is 29.8. The summed E-state index contributed by atoms with van der Waals surface area (Å²) in [5.74, 6) is 2.28. The fraction of sp³-hybridized carbons (Fsp3) is 0.300. The third-order valence-corrected chi connectivity index (χ3v) is 8.34. The van der Waals surface area contributed by atoms with Crippen molar-refractivity contribution in [2.24, 2.45) is 0 Å². The molecule has 0 radical (unpaired) electrons. The number of carbonyl (C=O) groups excluding carboxylic acids is 1. The lowest BCUT2D eigenvalue weighted by Gasteiger charge is -2.28. The first-order valence-electron chi connectivity index (χ1n) is 15.9. The fourth-order valence-electron chi connectivity index (χ4n) is 5.60. The quantitative estimate of drug-likeness (QED) is 0.119. The molecule has 5 rings (SSSR count). The number of H-pyrrole nitrogens is 1. The second-order valence-electron chi connectivity index (χ2n) is 13.8. The van der Waals surface area contributed by atoms with Crippen LogP contribution < -0.4 is 23.7 Å². The largest absolute Gasteiger partial charge is 0.507 e. The van der Waals surface area contributed by atoms with E-state index in [-0.39, 0.29) is 23.0 Å². The van der Waals surface area contributed by atoms with Gasteiger partial charge in [0.15, 0.2) is 11.5 Å². The maximum atomic E-state index is 13.8. The molecule has 1 aromatic heterocycles. The molecular weight excluding hydrogens is 620 g/mol. The van der Waals surface area contributed by atoms with Crippen LogP contribution in [0.1, 0.15) is 63.0 Å². The molecule has 0 saturated heterocycles. The van der Waals surface area contributed by atoms with Gasteiger partial charge in [-0.3, -0.25) is 0 Å². The van der Waals surface area contributed by atoms with Crippen molar-refractivity contribution in [2.45, 2.75) is 52.4 Å². The number of aromatic amines is 1. The number of phenols is 1. The van der Waals surface area contributed by atoms with Crippen molar-refractivity contribution in [3.63, 3.8) is 0 Å². The zero-order chi connectivity index (χ0) is 35.7. The van der Waals surface area contributed by atoms with Gasteiger partial charge in [0.2, 0.25) is 5.75 Å². The molecule has 0 aliphatic carbocycles. The highest BCUT2D eigenvalue weighted by Gasteiger charge is 2.29. The molecule has 0 atom stereocenters. The van der Waals surface area contributed by atoms with Crippen LogP contribution in [0.3, 0.4) is 0 Å². The molecule has 5 aromatic rings. The average molecular weight is 665 g/mol. The van der Waals surface area contributed by atoms with Crippen LogP contribution in [0.2, 0.25) is 0 Å². The Hall–Kier alpha value is -5.44. The molecule has 0 fully saturated rings. The van der Waals surface area contributed by atoms with Crippen molar-refractivity contribution in [3.05, 3.63) is 89.5 Å². The first kappa shape index (κ1) is 34.9. The molecule has 256 valence electrons. The van der Waals surface area contributed by atoms with Crippen molar-refractivity contribution in [1.82, 2.24) is 9.97 Å². The van der Waals surface area contributed by atoms with Crippen LogP contribution in [-0.2, 0) is 10.8 Å². The van der Waals surface area contributed by atoms with Crippen LogP contribution in [0, 0.1) is 0 Å². The van der Waals surface area contributed by atoms with Gasteiger partial charge < -0.3 is 33.8 Å². The molecule has 0 aliphatic rings. The molecule has 0 amide bonds. The number of hydrogen-bond donors (Lipinski definition) is 2. The minimum absolute atomic E-state index is 0.124. The Morgan fingerprint density at radius 1 is 0.653 bits per heavy atom. The smallest absolute Gasteiger partial charge is 0.343 e. The Labute approximate surface area is 287 Å². The number of rotatable bonds is 9. The zero-order valence-corrected chi connectivity index (χ0v) is 29.8. The lowest BCUT2D eigenvalue weighted by molar-refractivity contribution is 0.0724. The lowest BCUT2D eigenvalue weighted by atomic mass is 9.78. The highest BCUT2D eigenvalue weighted by Crippen LogP contribution is 2.44. The average Bonchev–Trinajstić information content (AvgIpc) is 3.53. The number of aromatic hydroxyl groups is 1. The summed E-state index contributed by atoms with van der Waals surface area (Å²) in [4.78, 5) is 22.3. The molecule has 9 nitrogen and oxygen atoms in total. The van der Waals surface area contributed by atoms with Gasteiger partial charge in [-0.25, -0.2) is 9.78 Å². The summed E-state index contributed by atoms with van der Waals surface area (Å²) in [6.07, 6.45) is 0. The van der Waals surface area contributed by atoms with Gasteiger partial charge in [0.25, 0.3) is 0 Å². The number of nitrogens with one attached hydrogen (secondary N) is 1. The van der Waals surface area contributed by atoms with Gasteiger partial charge in [0, 0.05) is 27.8 Å². The van der Waals surface area contributed by atoms with Crippen LogP contribution in [0.4, 0.5) is 0 Å². The number of esters is 1. The van der Waals surface area contributed by atoms with E-state index in [1.54, 1.807) is 38.5 Å². The fourth-order valence-corrected chi connectivity index (χ4v) is 5.60. The summed E-state index contributed by atoms with van der Waals surface area (Å²) in [5.41, 5.74) is 4.74. The van der Waals surface area contributed by atoms with E-state index in [1.807, 2.05) is 90.1 Å². The highest BCUT2D eigenvalue weighted by molar-refractivity contribution is 5.93. The Morgan fingerprint density at radius 3 is 1.55 bits per heavy atom. The third kappa shape index (κ3) is 7.21. The maximum absolute atomic E-state index is 13.8. The van der Waals surface area contributed by atoms with Gasteiger partial charge in [-0.2, -0.15) is 0 Å². The number of carbonyl (C=O) groups is 1. The molecule has 4 aromatic carbocycles. The number of benzene rings is 4. The molecule has 49 heavy (non-hydrogen) atoms. The Kier molecular flexibility index (Phi) is 9.67. The van der Waals surface area contributed by atoms with E-state index in [4.69, 9.17) is 28.7 Å². The van der Waals surface area contributed by atoms with E-state index >= 15 is 0 Å². The number of aromatic nitrogens is 2. The summed E-state index contributed by atoms with van der Waals surface area (Å²) in [6.45, 7) is 11.9. The molecule has 1 heterocycles. The predicted molar refractivity (Wildman–Crippen MR) is 192 cm³/mol. The van der Waals surface area contributed by atoms with Crippen LogP contribution in [0.15, 0.2) is 72.8 Å². The second-order valence-corrected chi connectivity index (χ2v) is 13.8. The molecular formula is C40H44N2O7. The third-order valence-electron chi connectivity index (χ3n) is 8.34. The number of nitrogens with zero attached hydrogens (tertiary/aromatic N) is 1. The number of hydrogen-bond acceptors (Lipinski definition) is 8. The SMILES string of the molecule is COc1ccc(-c2nc(-c3cc(OC)c(OC(=O)c4cc(C(C)(C)C)c(O)c(C(C)(C)C)c4)c(OC)c3)[nH]c2-c2ccc(OC)cc2)cc1. The van der Waals surface area contributed by atoms with E-state index in [1.165, 1.54) is 14.2 Å². The lowest BCUT2D eigenvalue weighted by Crippen LogP contribution is -2.20. The molecule has 0 bridgehead atoms. The summed E-state index contributed by atoms with van der Waals surface area (Å²) in [5, 5.41) is 11.2. The Balaban J connectivity index is 1.59. The second kappa shape index (κ2) is 13.6. The molecule has 0 saturated carbocycles. The Bertz CT molecular complexity index is 1840. The summed E-state index contributed by atoms with van der Waals surface area (Å²) in [6, 6.07) is 22.3. The predicted octanol–water partition coefficient (Wildman–Crippen LogP) is 8.96. The van der Waals surface area contributed by atoms with E-state index in [9.17, 15) is 9.90 Å². The topological polar surface area (TPSA) is 112 Å². The minimum atomic E-state index is -0.609. The number of phenolic OH excluding ortho intramolecular Hbond substituents is 1. The molecule has 9 heteroatoms.